The summed E-state index contributed by atoms with van der Waals surface area (Å²) in [6.07, 6.45) is 0.965. The van der Waals surface area contributed by atoms with Crippen LogP contribution in [0.25, 0.3) is 11.5 Å². The number of methoxy groups -OCH3 is 2. The number of hydrogen-bond acceptors (Lipinski definition) is 7. The molecule has 29 heavy (non-hydrogen) atoms. The van der Waals surface area contributed by atoms with Gasteiger partial charge in [0.25, 0.3) is 0 Å². The molecule has 0 aliphatic carbocycles. The number of nitrogens with one attached hydrogen (secondary N) is 1. The lowest BCUT2D eigenvalue weighted by Crippen LogP contribution is -2.11. The van der Waals surface area contributed by atoms with Crippen LogP contribution < -0.4 is 14.8 Å². The zero-order valence-electron chi connectivity index (χ0n) is 16.0. The molecule has 9 heteroatoms. The molecule has 0 aliphatic heterocycles. The molecule has 0 spiro atoms. The van der Waals surface area contributed by atoms with Gasteiger partial charge in [0.05, 0.1) is 14.2 Å². The Morgan fingerprint density at radius 2 is 1.86 bits per heavy atom. The molecule has 3 aromatic rings. The van der Waals surface area contributed by atoms with E-state index in [1.54, 1.807) is 49.2 Å². The Hall–Kier alpha value is -3.07. The lowest BCUT2D eigenvalue weighted by atomic mass is 10.2. The summed E-state index contributed by atoms with van der Waals surface area (Å²) in [5.74, 6) is 1.64. The molecule has 0 aliphatic rings. The second-order valence-electron chi connectivity index (χ2n) is 5.94. The fraction of sp³-hybridized carbons (Fsp3) is 0.250. The molecule has 0 bridgehead atoms. The standard InChI is InChI=1S/C20H20FN3O4S/c1-26-16-10-5-13(12-17(16)27-2)19-23-24-20(28-19)22-18(25)4-3-11-29-15-8-6-14(21)7-9-15/h5-10,12H,3-4,11H2,1-2H3,(H,22,24,25). The summed E-state index contributed by atoms with van der Waals surface area (Å²) in [7, 11) is 3.09. The first-order chi connectivity index (χ1) is 14.1. The summed E-state index contributed by atoms with van der Waals surface area (Å²) in [6, 6.07) is 11.5. The third kappa shape index (κ3) is 5.71. The number of amides is 1. The van der Waals surface area contributed by atoms with Crippen molar-refractivity contribution in [2.45, 2.75) is 17.7 Å². The molecular weight excluding hydrogens is 397 g/mol. The fourth-order valence-corrected chi connectivity index (χ4v) is 3.35. The molecule has 1 amide bonds. The highest BCUT2D eigenvalue weighted by molar-refractivity contribution is 7.99. The van der Waals surface area contributed by atoms with Crippen LogP contribution in [0.3, 0.4) is 0 Å². The van der Waals surface area contributed by atoms with Gasteiger partial charge in [0.1, 0.15) is 5.82 Å². The molecule has 3 rings (SSSR count). The van der Waals surface area contributed by atoms with Gasteiger partial charge in [0, 0.05) is 16.9 Å². The van der Waals surface area contributed by atoms with E-state index in [0.717, 1.165) is 10.6 Å². The van der Waals surface area contributed by atoms with Crippen LogP contribution >= 0.6 is 11.8 Å². The van der Waals surface area contributed by atoms with Gasteiger partial charge in [-0.05, 0) is 54.6 Å². The van der Waals surface area contributed by atoms with Gasteiger partial charge in [-0.3, -0.25) is 10.1 Å². The van der Waals surface area contributed by atoms with Crippen LogP contribution in [0, 0.1) is 5.82 Å². The van der Waals surface area contributed by atoms with Crippen molar-refractivity contribution in [3.63, 3.8) is 0 Å². The Morgan fingerprint density at radius 1 is 1.10 bits per heavy atom. The highest BCUT2D eigenvalue weighted by atomic mass is 32.2. The van der Waals surface area contributed by atoms with E-state index in [1.165, 1.54) is 19.2 Å². The number of aromatic nitrogens is 2. The Bertz CT molecular complexity index is 963. The highest BCUT2D eigenvalue weighted by Gasteiger charge is 2.14. The van der Waals surface area contributed by atoms with E-state index in [-0.39, 0.29) is 23.6 Å². The van der Waals surface area contributed by atoms with Crippen molar-refractivity contribution in [3.8, 4) is 23.0 Å². The van der Waals surface area contributed by atoms with Crippen LogP contribution in [0.1, 0.15) is 12.8 Å². The van der Waals surface area contributed by atoms with Crippen LogP contribution in [0.4, 0.5) is 10.4 Å². The first-order valence-corrected chi connectivity index (χ1v) is 9.81. The minimum absolute atomic E-state index is 0.0333. The van der Waals surface area contributed by atoms with E-state index < -0.39 is 0 Å². The Balaban J connectivity index is 1.49. The smallest absolute Gasteiger partial charge is 0.322 e. The molecule has 7 nitrogen and oxygen atoms in total. The van der Waals surface area contributed by atoms with E-state index in [4.69, 9.17) is 13.9 Å². The topological polar surface area (TPSA) is 86.5 Å². The normalized spacial score (nSPS) is 10.6. The number of ether oxygens (including phenoxy) is 2. The van der Waals surface area contributed by atoms with Crippen molar-refractivity contribution >= 4 is 23.7 Å². The molecule has 0 atom stereocenters. The number of thioether (sulfide) groups is 1. The number of carbonyl (C=O) groups is 1. The molecule has 0 saturated carbocycles. The maximum absolute atomic E-state index is 12.9. The maximum atomic E-state index is 12.9. The quantitative estimate of drug-likeness (QED) is 0.408. The number of carbonyl (C=O) groups excluding carboxylic acids is 1. The summed E-state index contributed by atoms with van der Waals surface area (Å²) >= 11 is 1.57. The van der Waals surface area contributed by atoms with E-state index in [9.17, 15) is 9.18 Å². The molecule has 0 radical (unpaired) electrons. The van der Waals surface area contributed by atoms with Crippen molar-refractivity contribution in [2.75, 3.05) is 25.3 Å². The lowest BCUT2D eigenvalue weighted by molar-refractivity contribution is -0.116. The van der Waals surface area contributed by atoms with Crippen LogP contribution in [-0.4, -0.2) is 36.1 Å². The summed E-state index contributed by atoms with van der Waals surface area (Å²) in [5, 5.41) is 10.4. The lowest BCUT2D eigenvalue weighted by Gasteiger charge is -2.07. The largest absolute Gasteiger partial charge is 0.493 e. The second-order valence-corrected chi connectivity index (χ2v) is 7.10. The number of halogens is 1. The molecule has 1 aromatic heterocycles. The number of nitrogens with zero attached hydrogens (tertiary/aromatic N) is 2. The Kier molecular flexibility index (Phi) is 7.07. The van der Waals surface area contributed by atoms with Gasteiger partial charge >= 0.3 is 6.01 Å². The fourth-order valence-electron chi connectivity index (χ4n) is 2.49. The predicted octanol–water partition coefficient (Wildman–Crippen LogP) is 4.40. The number of benzene rings is 2. The van der Waals surface area contributed by atoms with Gasteiger partial charge in [0.15, 0.2) is 11.5 Å². The van der Waals surface area contributed by atoms with Gasteiger partial charge in [-0.15, -0.1) is 16.9 Å². The number of rotatable bonds is 9. The summed E-state index contributed by atoms with van der Waals surface area (Å²) in [6.45, 7) is 0. The average Bonchev–Trinajstić information content (AvgIpc) is 3.20. The maximum Gasteiger partial charge on any atom is 0.322 e. The minimum atomic E-state index is -0.263. The van der Waals surface area contributed by atoms with Gasteiger partial charge < -0.3 is 13.9 Å². The molecule has 2 aromatic carbocycles. The number of hydrogen-bond donors (Lipinski definition) is 1. The molecule has 0 unspecified atom stereocenters. The zero-order chi connectivity index (χ0) is 20.6. The first kappa shape index (κ1) is 20.7. The van der Waals surface area contributed by atoms with Crippen molar-refractivity contribution in [1.82, 2.24) is 10.2 Å². The Labute approximate surface area is 171 Å². The van der Waals surface area contributed by atoms with Gasteiger partial charge in [-0.1, -0.05) is 5.10 Å². The van der Waals surface area contributed by atoms with Gasteiger partial charge in [-0.25, -0.2) is 4.39 Å². The van der Waals surface area contributed by atoms with Crippen molar-refractivity contribution in [2.24, 2.45) is 0 Å². The van der Waals surface area contributed by atoms with E-state index in [1.807, 2.05) is 0 Å². The third-order valence-electron chi connectivity index (χ3n) is 3.93. The van der Waals surface area contributed by atoms with E-state index in [2.05, 4.69) is 15.5 Å². The van der Waals surface area contributed by atoms with Crippen LogP contribution in [0.2, 0.25) is 0 Å². The number of anilines is 1. The van der Waals surface area contributed by atoms with Crippen molar-refractivity contribution in [3.05, 3.63) is 48.3 Å². The SMILES string of the molecule is COc1ccc(-c2nnc(NC(=O)CCCSc3ccc(F)cc3)o2)cc1OC. The Morgan fingerprint density at radius 3 is 2.59 bits per heavy atom. The average molecular weight is 417 g/mol. The van der Waals surface area contributed by atoms with Gasteiger partial charge in [-0.2, -0.15) is 0 Å². The van der Waals surface area contributed by atoms with E-state index in [0.29, 0.717) is 29.9 Å². The molecule has 0 fully saturated rings. The summed E-state index contributed by atoms with van der Waals surface area (Å²) in [4.78, 5) is 13.0. The molecular formula is C20H20FN3O4S. The summed E-state index contributed by atoms with van der Waals surface area (Å²) < 4.78 is 28.8. The van der Waals surface area contributed by atoms with Crippen LogP contribution in [-0.2, 0) is 4.79 Å². The van der Waals surface area contributed by atoms with Crippen LogP contribution in [0.15, 0.2) is 51.8 Å². The first-order valence-electron chi connectivity index (χ1n) is 8.83. The zero-order valence-corrected chi connectivity index (χ0v) is 16.8. The molecule has 1 N–H and O–H groups in total. The molecule has 0 saturated heterocycles. The second kappa shape index (κ2) is 9.92. The van der Waals surface area contributed by atoms with E-state index >= 15 is 0 Å². The predicted molar refractivity (Wildman–Crippen MR) is 108 cm³/mol. The molecule has 152 valence electrons. The minimum Gasteiger partial charge on any atom is -0.493 e. The van der Waals surface area contributed by atoms with Gasteiger partial charge in [0.2, 0.25) is 11.8 Å². The van der Waals surface area contributed by atoms with Crippen molar-refractivity contribution < 1.29 is 23.1 Å². The van der Waals surface area contributed by atoms with Crippen LogP contribution in [0.5, 0.6) is 11.5 Å². The molecule has 1 heterocycles. The highest BCUT2D eigenvalue weighted by Crippen LogP contribution is 2.32. The summed E-state index contributed by atoms with van der Waals surface area (Å²) in [5.41, 5.74) is 0.645. The monoisotopic (exact) mass is 417 g/mol. The third-order valence-corrected chi connectivity index (χ3v) is 5.03. The van der Waals surface area contributed by atoms with Crippen molar-refractivity contribution in [1.29, 1.82) is 0 Å².